The summed E-state index contributed by atoms with van der Waals surface area (Å²) in [6.07, 6.45) is 11.2. The second kappa shape index (κ2) is 5.92. The molecule has 140 valence electrons. The molecule has 0 aromatic rings. The van der Waals surface area contributed by atoms with Gasteiger partial charge in [0.05, 0.1) is 0 Å². The Bertz CT molecular complexity index is 581. The molecule has 0 amide bonds. The van der Waals surface area contributed by atoms with Crippen molar-refractivity contribution >= 4 is 11.6 Å². The molecular weight excluding hydrogens is 308 g/mol. The summed E-state index contributed by atoms with van der Waals surface area (Å²) < 4.78 is 0. The molecule has 3 unspecified atom stereocenters. The molecule has 25 heavy (non-hydrogen) atoms. The Labute approximate surface area is 153 Å². The minimum atomic E-state index is 0.271. The quantitative estimate of drug-likeness (QED) is 0.668. The Morgan fingerprint density at radius 1 is 0.760 bits per heavy atom. The van der Waals surface area contributed by atoms with Crippen LogP contribution in [0.15, 0.2) is 0 Å². The number of hydrogen-bond donors (Lipinski definition) is 0. The third-order valence-corrected chi connectivity index (χ3v) is 9.73. The molecule has 4 rings (SSSR count). The highest BCUT2D eigenvalue weighted by Gasteiger charge is 2.60. The second-order valence-electron chi connectivity index (χ2n) is 10.5. The summed E-state index contributed by atoms with van der Waals surface area (Å²) >= 11 is 0. The van der Waals surface area contributed by atoms with Crippen molar-refractivity contribution < 1.29 is 9.59 Å². The Morgan fingerprint density at radius 2 is 1.44 bits per heavy atom. The molecule has 0 spiro atoms. The van der Waals surface area contributed by atoms with E-state index in [1.807, 2.05) is 6.92 Å². The number of hydrogen-bond acceptors (Lipinski definition) is 2. The molecule has 0 bridgehead atoms. The number of carbonyl (C=O) groups excluding carboxylic acids is 2. The summed E-state index contributed by atoms with van der Waals surface area (Å²) in [5.74, 6) is 4.69. The van der Waals surface area contributed by atoms with Gasteiger partial charge >= 0.3 is 0 Å². The number of fused-ring (bicyclic) bond motifs is 5. The van der Waals surface area contributed by atoms with Crippen molar-refractivity contribution in [1.82, 2.24) is 0 Å². The molecule has 0 aromatic carbocycles. The van der Waals surface area contributed by atoms with E-state index in [-0.39, 0.29) is 5.41 Å². The largest absolute Gasteiger partial charge is 0.300 e. The molecule has 0 radical (unpaired) electrons. The zero-order chi connectivity index (χ0) is 18.0. The maximum Gasteiger partial charge on any atom is 0.133 e. The van der Waals surface area contributed by atoms with Gasteiger partial charge in [-0.1, -0.05) is 13.8 Å². The van der Waals surface area contributed by atoms with Gasteiger partial charge in [-0.15, -0.1) is 0 Å². The van der Waals surface area contributed by atoms with Crippen LogP contribution in [0.5, 0.6) is 0 Å². The van der Waals surface area contributed by atoms with E-state index in [9.17, 15) is 9.59 Å². The van der Waals surface area contributed by atoms with Gasteiger partial charge < -0.3 is 0 Å². The van der Waals surface area contributed by atoms with Crippen LogP contribution in [-0.4, -0.2) is 11.6 Å². The molecule has 8 atom stereocenters. The first kappa shape index (κ1) is 17.7. The van der Waals surface area contributed by atoms with Gasteiger partial charge in [0.15, 0.2) is 0 Å². The SMILES string of the molecule is CC(=O)C1CC[C@@]2(C)C(CC[C@@H]3[C@H]2CC[C@]2(C)C(C(C)=O)CC[C@@H]32)C1. The van der Waals surface area contributed by atoms with Crippen molar-refractivity contribution in [2.75, 3.05) is 0 Å². The fourth-order valence-electron chi connectivity index (χ4n) is 8.30. The summed E-state index contributed by atoms with van der Waals surface area (Å²) in [5.41, 5.74) is 0.720. The fourth-order valence-corrected chi connectivity index (χ4v) is 8.30. The van der Waals surface area contributed by atoms with E-state index in [2.05, 4.69) is 13.8 Å². The lowest BCUT2D eigenvalue weighted by atomic mass is 9.44. The first-order chi connectivity index (χ1) is 11.8. The van der Waals surface area contributed by atoms with E-state index in [1.165, 1.54) is 38.5 Å². The molecular formula is C23H36O2. The smallest absolute Gasteiger partial charge is 0.133 e. The van der Waals surface area contributed by atoms with Gasteiger partial charge in [0.25, 0.3) is 0 Å². The summed E-state index contributed by atoms with van der Waals surface area (Å²) in [6, 6.07) is 0. The van der Waals surface area contributed by atoms with E-state index in [1.54, 1.807) is 6.92 Å². The van der Waals surface area contributed by atoms with Crippen LogP contribution >= 0.6 is 0 Å². The van der Waals surface area contributed by atoms with E-state index < -0.39 is 0 Å². The van der Waals surface area contributed by atoms with Crippen LogP contribution in [0.4, 0.5) is 0 Å². The lowest BCUT2D eigenvalue weighted by molar-refractivity contribution is -0.139. The van der Waals surface area contributed by atoms with E-state index in [0.717, 1.165) is 42.9 Å². The summed E-state index contributed by atoms with van der Waals surface area (Å²) in [5, 5.41) is 0. The van der Waals surface area contributed by atoms with Crippen molar-refractivity contribution in [1.29, 1.82) is 0 Å². The summed E-state index contributed by atoms with van der Waals surface area (Å²) in [4.78, 5) is 24.1. The summed E-state index contributed by atoms with van der Waals surface area (Å²) in [6.45, 7) is 8.62. The fraction of sp³-hybridized carbons (Fsp3) is 0.913. The Kier molecular flexibility index (Phi) is 4.20. The van der Waals surface area contributed by atoms with Crippen LogP contribution in [-0.2, 0) is 9.59 Å². The van der Waals surface area contributed by atoms with Crippen LogP contribution in [0.25, 0.3) is 0 Å². The van der Waals surface area contributed by atoms with Crippen molar-refractivity contribution in [2.45, 2.75) is 85.5 Å². The molecule has 4 fully saturated rings. The molecule has 4 saturated carbocycles. The Balaban J connectivity index is 1.58. The van der Waals surface area contributed by atoms with Gasteiger partial charge in [0.1, 0.15) is 11.6 Å². The third-order valence-electron chi connectivity index (χ3n) is 9.73. The highest BCUT2D eigenvalue weighted by atomic mass is 16.1. The molecule has 0 aliphatic heterocycles. The molecule has 0 saturated heterocycles. The average Bonchev–Trinajstić information content (AvgIpc) is 2.91. The maximum absolute atomic E-state index is 12.2. The second-order valence-corrected chi connectivity index (χ2v) is 10.5. The third kappa shape index (κ3) is 2.49. The van der Waals surface area contributed by atoms with Gasteiger partial charge in [-0.3, -0.25) is 9.59 Å². The monoisotopic (exact) mass is 344 g/mol. The number of ketones is 2. The van der Waals surface area contributed by atoms with Crippen LogP contribution in [0.1, 0.15) is 85.5 Å². The predicted molar refractivity (Wildman–Crippen MR) is 100 cm³/mol. The highest BCUT2D eigenvalue weighted by Crippen LogP contribution is 2.67. The molecule has 2 heteroatoms. The average molecular weight is 345 g/mol. The maximum atomic E-state index is 12.2. The van der Waals surface area contributed by atoms with Crippen LogP contribution < -0.4 is 0 Å². The Morgan fingerprint density at radius 3 is 2.12 bits per heavy atom. The van der Waals surface area contributed by atoms with Gasteiger partial charge in [0.2, 0.25) is 0 Å². The van der Waals surface area contributed by atoms with Crippen LogP contribution in [0, 0.1) is 46.3 Å². The normalized spacial score (nSPS) is 52.0. The molecule has 0 aromatic heterocycles. The van der Waals surface area contributed by atoms with Crippen LogP contribution in [0.3, 0.4) is 0 Å². The standard InChI is InChI=1S/C23H36O2/c1-14(24)16-9-11-22(3)17(13-16)5-6-18-20-8-7-19(15(2)25)23(20,4)12-10-21(18)22/h16-21H,5-13H2,1-4H3/t16?,17?,18-,19?,20-,21+,22-,23+/m0/s1. The van der Waals surface area contributed by atoms with Gasteiger partial charge in [0, 0.05) is 11.8 Å². The van der Waals surface area contributed by atoms with Crippen LogP contribution in [0.2, 0.25) is 0 Å². The van der Waals surface area contributed by atoms with Gasteiger partial charge in [-0.05, 0) is 106 Å². The highest BCUT2D eigenvalue weighted by molar-refractivity contribution is 5.79. The molecule has 2 nitrogen and oxygen atoms in total. The Hall–Kier alpha value is -0.660. The number of carbonyl (C=O) groups is 2. The van der Waals surface area contributed by atoms with Crippen molar-refractivity contribution in [2.24, 2.45) is 46.3 Å². The zero-order valence-electron chi connectivity index (χ0n) is 16.6. The zero-order valence-corrected chi connectivity index (χ0v) is 16.6. The van der Waals surface area contributed by atoms with Gasteiger partial charge in [-0.2, -0.15) is 0 Å². The van der Waals surface area contributed by atoms with Crippen molar-refractivity contribution in [3.8, 4) is 0 Å². The first-order valence-electron chi connectivity index (χ1n) is 10.8. The summed E-state index contributed by atoms with van der Waals surface area (Å²) in [7, 11) is 0. The van der Waals surface area contributed by atoms with Crippen molar-refractivity contribution in [3.63, 3.8) is 0 Å². The topological polar surface area (TPSA) is 34.1 Å². The molecule has 4 aliphatic carbocycles. The molecule has 0 N–H and O–H groups in total. The number of Topliss-reactive ketones (excluding diaryl/α,β-unsaturated/α-hetero) is 2. The molecule has 0 heterocycles. The van der Waals surface area contributed by atoms with E-state index >= 15 is 0 Å². The first-order valence-corrected chi connectivity index (χ1v) is 10.8. The number of rotatable bonds is 2. The van der Waals surface area contributed by atoms with E-state index in [4.69, 9.17) is 0 Å². The molecule has 4 aliphatic rings. The minimum Gasteiger partial charge on any atom is -0.300 e. The predicted octanol–water partition coefficient (Wildman–Crippen LogP) is 5.44. The van der Waals surface area contributed by atoms with Crippen molar-refractivity contribution in [3.05, 3.63) is 0 Å². The lowest BCUT2D eigenvalue weighted by Crippen LogP contribution is -2.54. The lowest BCUT2D eigenvalue weighted by Gasteiger charge is -2.61. The van der Waals surface area contributed by atoms with Gasteiger partial charge in [-0.25, -0.2) is 0 Å². The van der Waals surface area contributed by atoms with E-state index in [0.29, 0.717) is 28.8 Å². The minimum absolute atomic E-state index is 0.271.